The zero-order valence-electron chi connectivity index (χ0n) is 47.6. The van der Waals surface area contributed by atoms with Gasteiger partial charge in [0.15, 0.2) is 6.10 Å². The van der Waals surface area contributed by atoms with E-state index < -0.39 is 6.10 Å². The van der Waals surface area contributed by atoms with Gasteiger partial charge >= 0.3 is 17.9 Å². The molecule has 0 rings (SSSR count). The van der Waals surface area contributed by atoms with Crippen molar-refractivity contribution in [3.05, 3.63) is 12.2 Å². The SMILES string of the molecule is CCC/C=C\CCCCCCCC(=O)OCC(COC(=O)CCCCCCCCCCCCCCCCCCCCCCCCCCCCCCCC)OC(=O)CCCCCCCCCCCCCC. The second-order valence-electron chi connectivity index (χ2n) is 21.7. The number of ether oxygens (including phenoxy) is 3. The van der Waals surface area contributed by atoms with Crippen molar-refractivity contribution in [1.29, 1.82) is 0 Å². The van der Waals surface area contributed by atoms with Crippen LogP contribution in [0.4, 0.5) is 0 Å². The number of allylic oxidation sites excluding steroid dienone is 2. The van der Waals surface area contributed by atoms with Crippen LogP contribution in [0.1, 0.15) is 361 Å². The summed E-state index contributed by atoms with van der Waals surface area (Å²) in [4.78, 5) is 38.0. The van der Waals surface area contributed by atoms with E-state index in [2.05, 4.69) is 32.9 Å². The third-order valence-electron chi connectivity index (χ3n) is 14.5. The van der Waals surface area contributed by atoms with Gasteiger partial charge in [-0.3, -0.25) is 14.4 Å². The molecule has 0 aromatic carbocycles. The predicted octanol–water partition coefficient (Wildman–Crippen LogP) is 21.3. The van der Waals surface area contributed by atoms with Crippen LogP contribution in [0.2, 0.25) is 0 Å². The van der Waals surface area contributed by atoms with E-state index in [0.29, 0.717) is 19.3 Å². The summed E-state index contributed by atoms with van der Waals surface area (Å²) in [6.45, 7) is 6.63. The van der Waals surface area contributed by atoms with E-state index >= 15 is 0 Å². The van der Waals surface area contributed by atoms with Crippen LogP contribution in [0.25, 0.3) is 0 Å². The molecule has 0 aromatic heterocycles. The molecule has 0 aliphatic heterocycles. The summed E-state index contributed by atoms with van der Waals surface area (Å²) in [5, 5.41) is 0. The molecule has 414 valence electrons. The number of hydrogen-bond donors (Lipinski definition) is 0. The Morgan fingerprint density at radius 1 is 0.271 bits per heavy atom. The Bertz CT molecular complexity index is 1090. The Kier molecular flexibility index (Phi) is 58.1. The van der Waals surface area contributed by atoms with Gasteiger partial charge < -0.3 is 14.2 Å². The van der Waals surface area contributed by atoms with Crippen LogP contribution in [0.15, 0.2) is 12.2 Å². The molecular weight excluding hydrogens is 865 g/mol. The second kappa shape index (κ2) is 59.7. The Morgan fingerprint density at radius 3 is 0.771 bits per heavy atom. The fraction of sp³-hybridized carbons (Fsp3) is 0.922. The monoisotopic (exact) mass is 987 g/mol. The van der Waals surface area contributed by atoms with E-state index in [0.717, 1.165) is 70.6 Å². The van der Waals surface area contributed by atoms with Gasteiger partial charge in [-0.15, -0.1) is 0 Å². The van der Waals surface area contributed by atoms with Crippen molar-refractivity contribution in [1.82, 2.24) is 0 Å². The maximum atomic E-state index is 12.8. The lowest BCUT2D eigenvalue weighted by atomic mass is 10.0. The molecule has 6 nitrogen and oxygen atoms in total. The highest BCUT2D eigenvalue weighted by atomic mass is 16.6. The van der Waals surface area contributed by atoms with E-state index in [-0.39, 0.29) is 31.1 Å². The van der Waals surface area contributed by atoms with Crippen molar-refractivity contribution >= 4 is 17.9 Å². The lowest BCUT2D eigenvalue weighted by molar-refractivity contribution is -0.167. The first-order valence-corrected chi connectivity index (χ1v) is 31.7. The lowest BCUT2D eigenvalue weighted by Gasteiger charge is -2.18. The molecule has 0 spiro atoms. The molecule has 0 aromatic rings. The second-order valence-corrected chi connectivity index (χ2v) is 21.7. The molecule has 0 fully saturated rings. The van der Waals surface area contributed by atoms with Crippen molar-refractivity contribution in [2.45, 2.75) is 367 Å². The van der Waals surface area contributed by atoms with Crippen LogP contribution in [-0.4, -0.2) is 37.2 Å². The van der Waals surface area contributed by atoms with Crippen LogP contribution in [-0.2, 0) is 28.6 Å². The molecule has 0 saturated heterocycles. The minimum atomic E-state index is -0.767. The van der Waals surface area contributed by atoms with Gasteiger partial charge in [0.25, 0.3) is 0 Å². The molecule has 0 heterocycles. The minimum Gasteiger partial charge on any atom is -0.462 e. The highest BCUT2D eigenvalue weighted by Crippen LogP contribution is 2.18. The van der Waals surface area contributed by atoms with Crippen molar-refractivity contribution in [3.63, 3.8) is 0 Å². The van der Waals surface area contributed by atoms with Gasteiger partial charge in [-0.1, -0.05) is 315 Å². The standard InChI is InChI=1S/C64H122O6/c1-4-7-10-13-16-19-22-24-25-26-27-28-29-30-31-32-33-34-35-36-37-38-39-40-41-43-45-48-51-54-57-63(66)69-60-61(59-68-62(65)56-53-50-47-44-21-18-15-12-9-6-3)70-64(67)58-55-52-49-46-42-23-20-17-14-11-8-5-2/h12,15,61H,4-11,13-14,16-60H2,1-3H3/b15-12-. The first-order valence-electron chi connectivity index (χ1n) is 31.7. The molecule has 0 radical (unpaired) electrons. The summed E-state index contributed by atoms with van der Waals surface area (Å²) in [5.41, 5.74) is 0. The zero-order chi connectivity index (χ0) is 50.7. The summed E-state index contributed by atoms with van der Waals surface area (Å²) in [7, 11) is 0. The summed E-state index contributed by atoms with van der Waals surface area (Å²) >= 11 is 0. The summed E-state index contributed by atoms with van der Waals surface area (Å²) in [5.74, 6) is -0.855. The Hall–Kier alpha value is -1.85. The molecule has 0 amide bonds. The molecule has 6 heteroatoms. The Morgan fingerprint density at radius 2 is 0.500 bits per heavy atom. The number of carbonyl (C=O) groups is 3. The average Bonchev–Trinajstić information content (AvgIpc) is 3.36. The van der Waals surface area contributed by atoms with Crippen molar-refractivity contribution in [3.8, 4) is 0 Å². The Labute approximate surface area is 437 Å². The van der Waals surface area contributed by atoms with Gasteiger partial charge in [-0.05, 0) is 38.5 Å². The van der Waals surface area contributed by atoms with Crippen LogP contribution >= 0.6 is 0 Å². The molecule has 0 saturated carbocycles. The molecule has 0 aliphatic carbocycles. The third-order valence-corrected chi connectivity index (χ3v) is 14.5. The quantitative estimate of drug-likeness (QED) is 0.0261. The number of esters is 3. The summed E-state index contributed by atoms with van der Waals surface area (Å²) in [6, 6.07) is 0. The normalized spacial score (nSPS) is 12.0. The summed E-state index contributed by atoms with van der Waals surface area (Å²) < 4.78 is 16.8. The van der Waals surface area contributed by atoms with Gasteiger partial charge in [0.2, 0.25) is 0 Å². The van der Waals surface area contributed by atoms with Crippen molar-refractivity contribution < 1.29 is 28.6 Å². The summed E-state index contributed by atoms with van der Waals surface area (Å²) in [6.07, 6.45) is 69.7. The average molecular weight is 988 g/mol. The topological polar surface area (TPSA) is 78.9 Å². The maximum absolute atomic E-state index is 12.8. The first kappa shape index (κ1) is 68.2. The lowest BCUT2D eigenvalue weighted by Crippen LogP contribution is -2.30. The molecular formula is C64H122O6. The van der Waals surface area contributed by atoms with Crippen molar-refractivity contribution in [2.24, 2.45) is 0 Å². The molecule has 1 atom stereocenters. The van der Waals surface area contributed by atoms with E-state index in [1.165, 1.54) is 250 Å². The fourth-order valence-corrected chi connectivity index (χ4v) is 9.74. The number of hydrogen-bond acceptors (Lipinski definition) is 6. The van der Waals surface area contributed by atoms with E-state index in [4.69, 9.17) is 14.2 Å². The zero-order valence-corrected chi connectivity index (χ0v) is 47.6. The largest absolute Gasteiger partial charge is 0.462 e. The van der Waals surface area contributed by atoms with Gasteiger partial charge in [-0.25, -0.2) is 0 Å². The van der Waals surface area contributed by atoms with Gasteiger partial charge in [0.1, 0.15) is 13.2 Å². The highest BCUT2D eigenvalue weighted by molar-refractivity contribution is 5.71. The van der Waals surface area contributed by atoms with Crippen molar-refractivity contribution in [2.75, 3.05) is 13.2 Å². The predicted molar refractivity (Wildman–Crippen MR) is 303 cm³/mol. The Balaban J connectivity index is 4.00. The van der Waals surface area contributed by atoms with Crippen LogP contribution in [0.5, 0.6) is 0 Å². The van der Waals surface area contributed by atoms with Gasteiger partial charge in [-0.2, -0.15) is 0 Å². The van der Waals surface area contributed by atoms with Gasteiger partial charge in [0.05, 0.1) is 0 Å². The first-order chi connectivity index (χ1) is 34.5. The number of carbonyl (C=O) groups excluding carboxylic acids is 3. The van der Waals surface area contributed by atoms with E-state index in [9.17, 15) is 14.4 Å². The molecule has 70 heavy (non-hydrogen) atoms. The number of unbranched alkanes of at least 4 members (excludes halogenated alkanes) is 46. The third kappa shape index (κ3) is 57.1. The van der Waals surface area contributed by atoms with Crippen LogP contribution in [0.3, 0.4) is 0 Å². The molecule has 0 N–H and O–H groups in total. The maximum Gasteiger partial charge on any atom is 0.306 e. The van der Waals surface area contributed by atoms with E-state index in [1.807, 2.05) is 0 Å². The molecule has 1 unspecified atom stereocenters. The number of rotatable bonds is 59. The van der Waals surface area contributed by atoms with Crippen LogP contribution < -0.4 is 0 Å². The van der Waals surface area contributed by atoms with Crippen LogP contribution in [0, 0.1) is 0 Å². The molecule has 0 aliphatic rings. The smallest absolute Gasteiger partial charge is 0.306 e. The minimum absolute atomic E-state index is 0.0669. The van der Waals surface area contributed by atoms with Gasteiger partial charge in [0, 0.05) is 19.3 Å². The molecule has 0 bridgehead atoms. The highest BCUT2D eigenvalue weighted by Gasteiger charge is 2.19. The fourth-order valence-electron chi connectivity index (χ4n) is 9.74. The van der Waals surface area contributed by atoms with E-state index in [1.54, 1.807) is 0 Å².